The van der Waals surface area contributed by atoms with Crippen molar-refractivity contribution in [2.75, 3.05) is 5.73 Å². The molecule has 1 fully saturated rings. The summed E-state index contributed by atoms with van der Waals surface area (Å²) in [5.74, 6) is -0.107. The van der Waals surface area contributed by atoms with Crippen LogP contribution in [0.15, 0.2) is 12.1 Å². The van der Waals surface area contributed by atoms with Crippen LogP contribution in [0, 0.1) is 18.7 Å². The Balaban J connectivity index is 2.08. The number of carbonyl (C=O) groups excluding carboxylic acids is 1. The highest BCUT2D eigenvalue weighted by Crippen LogP contribution is 2.28. The molecular weight excluding hydrogens is 267 g/mol. The minimum Gasteiger partial charge on any atom is -0.398 e. The Bertz CT molecular complexity index is 487. The normalized spacial score (nSPS) is 17.5. The molecule has 1 atom stereocenters. The van der Waals surface area contributed by atoms with E-state index in [1.165, 1.54) is 38.2 Å². The van der Waals surface area contributed by atoms with Crippen molar-refractivity contribution >= 4 is 11.6 Å². The summed E-state index contributed by atoms with van der Waals surface area (Å²) in [6.07, 6.45) is 7.01. The van der Waals surface area contributed by atoms with Crippen LogP contribution in [-0.4, -0.2) is 11.9 Å². The Labute approximate surface area is 126 Å². The van der Waals surface area contributed by atoms with Gasteiger partial charge in [-0.15, -0.1) is 0 Å². The summed E-state index contributed by atoms with van der Waals surface area (Å²) in [6.45, 7) is 3.70. The summed E-state index contributed by atoms with van der Waals surface area (Å²) in [6, 6.07) is 3.00. The fourth-order valence-electron chi connectivity index (χ4n) is 3.17. The molecule has 4 heteroatoms. The van der Waals surface area contributed by atoms with Crippen LogP contribution in [0.4, 0.5) is 10.1 Å². The molecule has 21 heavy (non-hydrogen) atoms. The summed E-state index contributed by atoms with van der Waals surface area (Å²) in [5, 5.41) is 3.07. The van der Waals surface area contributed by atoms with E-state index in [9.17, 15) is 9.18 Å². The lowest BCUT2D eigenvalue weighted by Crippen LogP contribution is -2.40. The quantitative estimate of drug-likeness (QED) is 0.829. The molecule has 1 amide bonds. The molecule has 2 rings (SSSR count). The van der Waals surface area contributed by atoms with Crippen LogP contribution in [0.2, 0.25) is 0 Å². The number of nitrogen functional groups attached to an aromatic ring is 1. The van der Waals surface area contributed by atoms with Crippen LogP contribution < -0.4 is 11.1 Å². The SMILES string of the molecule is CCC(NC(=O)c1cc(N)c(C)c(F)c1)C1CCCCC1. The summed E-state index contributed by atoms with van der Waals surface area (Å²) >= 11 is 0. The van der Waals surface area contributed by atoms with Gasteiger partial charge in [-0.3, -0.25) is 4.79 Å². The zero-order valence-corrected chi connectivity index (χ0v) is 12.9. The maximum absolute atomic E-state index is 13.7. The second-order valence-electron chi connectivity index (χ2n) is 6.06. The first-order chi connectivity index (χ1) is 10.0. The molecule has 1 aliphatic rings. The van der Waals surface area contributed by atoms with Gasteiger partial charge in [0.25, 0.3) is 5.91 Å². The lowest BCUT2D eigenvalue weighted by molar-refractivity contribution is 0.0910. The van der Waals surface area contributed by atoms with E-state index in [1.807, 2.05) is 0 Å². The first kappa shape index (κ1) is 15.8. The number of nitrogens with two attached hydrogens (primary N) is 1. The molecule has 1 saturated carbocycles. The standard InChI is InChI=1S/C17H25FN2O/c1-3-16(12-7-5-4-6-8-12)20-17(21)13-9-14(18)11(2)15(19)10-13/h9-10,12,16H,3-8,19H2,1-2H3,(H,20,21). The first-order valence-corrected chi connectivity index (χ1v) is 7.89. The van der Waals surface area contributed by atoms with Gasteiger partial charge in [-0.1, -0.05) is 26.2 Å². The molecule has 116 valence electrons. The van der Waals surface area contributed by atoms with E-state index in [0.29, 0.717) is 22.7 Å². The van der Waals surface area contributed by atoms with E-state index >= 15 is 0 Å². The summed E-state index contributed by atoms with van der Waals surface area (Å²) in [5.41, 5.74) is 6.77. The van der Waals surface area contributed by atoms with Crippen molar-refractivity contribution in [3.63, 3.8) is 0 Å². The molecule has 0 spiro atoms. The third-order valence-electron chi connectivity index (χ3n) is 4.62. The van der Waals surface area contributed by atoms with Crippen molar-refractivity contribution in [2.45, 2.75) is 58.4 Å². The van der Waals surface area contributed by atoms with Crippen LogP contribution in [0.1, 0.15) is 61.4 Å². The molecule has 0 saturated heterocycles. The smallest absolute Gasteiger partial charge is 0.251 e. The van der Waals surface area contributed by atoms with Crippen molar-refractivity contribution in [2.24, 2.45) is 5.92 Å². The van der Waals surface area contributed by atoms with Crippen LogP contribution in [0.3, 0.4) is 0 Å². The third kappa shape index (κ3) is 3.74. The number of rotatable bonds is 4. The zero-order valence-electron chi connectivity index (χ0n) is 12.9. The number of hydrogen-bond acceptors (Lipinski definition) is 2. The van der Waals surface area contributed by atoms with Crippen LogP contribution in [-0.2, 0) is 0 Å². The van der Waals surface area contributed by atoms with E-state index in [1.54, 1.807) is 13.0 Å². The number of nitrogens with one attached hydrogen (secondary N) is 1. The summed E-state index contributed by atoms with van der Waals surface area (Å²) < 4.78 is 13.7. The largest absolute Gasteiger partial charge is 0.398 e. The van der Waals surface area contributed by atoms with E-state index in [-0.39, 0.29) is 11.9 Å². The maximum atomic E-state index is 13.7. The molecule has 1 aromatic rings. The number of halogens is 1. The van der Waals surface area contributed by atoms with Crippen LogP contribution in [0.25, 0.3) is 0 Å². The highest BCUT2D eigenvalue weighted by molar-refractivity contribution is 5.95. The molecule has 0 aliphatic heterocycles. The Morgan fingerprint density at radius 2 is 2.05 bits per heavy atom. The van der Waals surface area contributed by atoms with Gasteiger partial charge in [0, 0.05) is 22.9 Å². The highest BCUT2D eigenvalue weighted by atomic mass is 19.1. The molecule has 1 aromatic carbocycles. The van der Waals surface area contributed by atoms with E-state index in [2.05, 4.69) is 12.2 Å². The van der Waals surface area contributed by atoms with Crippen molar-refractivity contribution in [3.05, 3.63) is 29.1 Å². The van der Waals surface area contributed by atoms with Crippen molar-refractivity contribution in [1.82, 2.24) is 5.32 Å². The fourth-order valence-corrected chi connectivity index (χ4v) is 3.17. The Morgan fingerprint density at radius 1 is 1.38 bits per heavy atom. The van der Waals surface area contributed by atoms with Gasteiger partial charge in [0.05, 0.1) is 0 Å². The number of amides is 1. The van der Waals surface area contributed by atoms with Crippen molar-refractivity contribution in [3.8, 4) is 0 Å². The number of carbonyl (C=O) groups is 1. The maximum Gasteiger partial charge on any atom is 0.251 e. The molecule has 3 nitrogen and oxygen atoms in total. The third-order valence-corrected chi connectivity index (χ3v) is 4.62. The van der Waals surface area contributed by atoms with E-state index in [0.717, 1.165) is 6.42 Å². The Kier molecular flexibility index (Phi) is 5.21. The Morgan fingerprint density at radius 3 is 2.62 bits per heavy atom. The topological polar surface area (TPSA) is 55.1 Å². The van der Waals surface area contributed by atoms with Crippen LogP contribution >= 0.6 is 0 Å². The number of anilines is 1. The number of benzene rings is 1. The predicted octanol–water partition coefficient (Wildman–Crippen LogP) is 3.81. The molecule has 0 heterocycles. The average Bonchev–Trinajstić information content (AvgIpc) is 2.50. The zero-order chi connectivity index (χ0) is 15.4. The molecule has 0 radical (unpaired) electrons. The monoisotopic (exact) mass is 292 g/mol. The Hall–Kier alpha value is -1.58. The lowest BCUT2D eigenvalue weighted by atomic mass is 9.83. The number of hydrogen-bond donors (Lipinski definition) is 2. The molecule has 0 aromatic heterocycles. The lowest BCUT2D eigenvalue weighted by Gasteiger charge is -2.30. The van der Waals surface area contributed by atoms with Gasteiger partial charge in [0.2, 0.25) is 0 Å². The average molecular weight is 292 g/mol. The van der Waals surface area contributed by atoms with E-state index in [4.69, 9.17) is 5.73 Å². The molecule has 3 N–H and O–H groups in total. The van der Waals surface area contributed by atoms with Gasteiger partial charge in [0.15, 0.2) is 0 Å². The van der Waals surface area contributed by atoms with Gasteiger partial charge >= 0.3 is 0 Å². The highest BCUT2D eigenvalue weighted by Gasteiger charge is 2.24. The van der Waals surface area contributed by atoms with Gasteiger partial charge < -0.3 is 11.1 Å². The second kappa shape index (κ2) is 6.92. The molecule has 1 aliphatic carbocycles. The van der Waals surface area contributed by atoms with Gasteiger partial charge in [-0.25, -0.2) is 4.39 Å². The molecular formula is C17H25FN2O. The first-order valence-electron chi connectivity index (χ1n) is 7.89. The van der Waals surface area contributed by atoms with Gasteiger partial charge in [0.1, 0.15) is 5.82 Å². The predicted molar refractivity (Wildman–Crippen MR) is 83.7 cm³/mol. The molecule has 0 bridgehead atoms. The van der Waals surface area contributed by atoms with Crippen LogP contribution in [0.5, 0.6) is 0 Å². The minimum absolute atomic E-state index is 0.170. The fraction of sp³-hybridized carbons (Fsp3) is 0.588. The summed E-state index contributed by atoms with van der Waals surface area (Å²) in [7, 11) is 0. The second-order valence-corrected chi connectivity index (χ2v) is 6.06. The van der Waals surface area contributed by atoms with Gasteiger partial charge in [-0.05, 0) is 44.2 Å². The summed E-state index contributed by atoms with van der Waals surface area (Å²) in [4.78, 5) is 12.3. The van der Waals surface area contributed by atoms with Gasteiger partial charge in [-0.2, -0.15) is 0 Å². The van der Waals surface area contributed by atoms with E-state index < -0.39 is 5.82 Å². The van der Waals surface area contributed by atoms with Crippen molar-refractivity contribution in [1.29, 1.82) is 0 Å². The molecule has 1 unspecified atom stereocenters. The minimum atomic E-state index is -0.425. The van der Waals surface area contributed by atoms with Crippen molar-refractivity contribution < 1.29 is 9.18 Å².